The summed E-state index contributed by atoms with van der Waals surface area (Å²) in [5, 5.41) is 9.16. The van der Waals surface area contributed by atoms with E-state index in [4.69, 9.17) is 5.11 Å². The van der Waals surface area contributed by atoms with Gasteiger partial charge in [0.25, 0.3) is 0 Å². The second-order valence-corrected chi connectivity index (χ2v) is 5.83. The van der Waals surface area contributed by atoms with Crippen LogP contribution < -0.4 is 0 Å². The third kappa shape index (κ3) is 4.64. The summed E-state index contributed by atoms with van der Waals surface area (Å²) < 4.78 is 0. The molecule has 0 aromatic heterocycles. The summed E-state index contributed by atoms with van der Waals surface area (Å²) in [6.07, 6.45) is 1.24. The summed E-state index contributed by atoms with van der Waals surface area (Å²) in [4.78, 5) is 15.7. The molecule has 1 fully saturated rings. The van der Waals surface area contributed by atoms with Crippen LogP contribution >= 0.6 is 0 Å². The Hall–Kier alpha value is -0.610. The highest BCUT2D eigenvalue weighted by Crippen LogP contribution is 2.17. The molecule has 0 aromatic rings. The van der Waals surface area contributed by atoms with Gasteiger partial charge >= 0.3 is 5.97 Å². The molecule has 1 heterocycles. The van der Waals surface area contributed by atoms with Crippen molar-refractivity contribution < 1.29 is 9.90 Å². The van der Waals surface area contributed by atoms with Crippen LogP contribution in [0.1, 0.15) is 20.3 Å². The lowest BCUT2D eigenvalue weighted by Crippen LogP contribution is -2.36. The molecule has 0 amide bonds. The molecule has 4 heteroatoms. The van der Waals surface area contributed by atoms with Crippen LogP contribution in [0.5, 0.6) is 0 Å². The van der Waals surface area contributed by atoms with Crippen LogP contribution in [0.15, 0.2) is 0 Å². The number of hydrogen-bond donors (Lipinski definition) is 1. The molecule has 0 bridgehead atoms. The van der Waals surface area contributed by atoms with Crippen LogP contribution in [0.4, 0.5) is 0 Å². The van der Waals surface area contributed by atoms with Crippen LogP contribution in [-0.2, 0) is 4.79 Å². The van der Waals surface area contributed by atoms with Gasteiger partial charge in [0.15, 0.2) is 0 Å². The zero-order chi connectivity index (χ0) is 13.0. The van der Waals surface area contributed by atoms with Gasteiger partial charge in [0.05, 0.1) is 5.92 Å². The van der Waals surface area contributed by atoms with Crippen molar-refractivity contribution in [1.82, 2.24) is 9.80 Å². The van der Waals surface area contributed by atoms with Crippen molar-refractivity contribution in [1.29, 1.82) is 0 Å². The molecular formula is C13H26N2O2. The van der Waals surface area contributed by atoms with Gasteiger partial charge in [-0.25, -0.2) is 0 Å². The minimum Gasteiger partial charge on any atom is -0.481 e. The number of nitrogens with zero attached hydrogens (tertiary/aromatic N) is 2. The van der Waals surface area contributed by atoms with Crippen molar-refractivity contribution in [3.05, 3.63) is 0 Å². The first-order valence-corrected chi connectivity index (χ1v) is 6.50. The topological polar surface area (TPSA) is 43.8 Å². The molecule has 100 valence electrons. The van der Waals surface area contributed by atoms with Gasteiger partial charge < -0.3 is 14.9 Å². The van der Waals surface area contributed by atoms with E-state index in [-0.39, 0.29) is 11.8 Å². The van der Waals surface area contributed by atoms with E-state index >= 15 is 0 Å². The summed E-state index contributed by atoms with van der Waals surface area (Å²) in [6.45, 7) is 7.95. The zero-order valence-electron chi connectivity index (χ0n) is 11.5. The Morgan fingerprint density at radius 1 is 1.53 bits per heavy atom. The van der Waals surface area contributed by atoms with Crippen molar-refractivity contribution in [2.45, 2.75) is 20.3 Å². The normalized spacial score (nSPS) is 23.5. The van der Waals surface area contributed by atoms with E-state index in [1.165, 1.54) is 13.0 Å². The fraction of sp³-hybridized carbons (Fsp3) is 0.923. The lowest BCUT2D eigenvalue weighted by atomic mass is 9.95. The van der Waals surface area contributed by atoms with Crippen LogP contribution in [0.25, 0.3) is 0 Å². The van der Waals surface area contributed by atoms with Crippen LogP contribution in [0, 0.1) is 17.8 Å². The molecule has 17 heavy (non-hydrogen) atoms. The summed E-state index contributed by atoms with van der Waals surface area (Å²) in [7, 11) is 4.19. The van der Waals surface area contributed by atoms with E-state index in [2.05, 4.69) is 16.8 Å². The minimum absolute atomic E-state index is 0.196. The van der Waals surface area contributed by atoms with Gasteiger partial charge in [-0.3, -0.25) is 4.79 Å². The van der Waals surface area contributed by atoms with Crippen molar-refractivity contribution >= 4 is 5.97 Å². The zero-order valence-corrected chi connectivity index (χ0v) is 11.5. The third-order valence-corrected chi connectivity index (χ3v) is 3.69. The van der Waals surface area contributed by atoms with Crippen LogP contribution in [0.3, 0.4) is 0 Å². The highest BCUT2D eigenvalue weighted by Gasteiger charge is 2.25. The molecule has 0 spiro atoms. The molecule has 0 radical (unpaired) electrons. The lowest BCUT2D eigenvalue weighted by molar-refractivity contribution is -0.144. The summed E-state index contributed by atoms with van der Waals surface area (Å²) in [5.41, 5.74) is 0. The van der Waals surface area contributed by atoms with Crippen LogP contribution in [-0.4, -0.2) is 61.2 Å². The van der Waals surface area contributed by atoms with Gasteiger partial charge in [0.2, 0.25) is 0 Å². The average molecular weight is 242 g/mol. The first-order chi connectivity index (χ1) is 7.90. The molecule has 1 aliphatic heterocycles. The Balaban J connectivity index is 2.37. The highest BCUT2D eigenvalue weighted by molar-refractivity contribution is 5.70. The fourth-order valence-electron chi connectivity index (χ4n) is 2.60. The van der Waals surface area contributed by atoms with E-state index in [9.17, 15) is 4.79 Å². The smallest absolute Gasteiger partial charge is 0.308 e. The van der Waals surface area contributed by atoms with Gasteiger partial charge in [-0.15, -0.1) is 0 Å². The van der Waals surface area contributed by atoms with Crippen molar-refractivity contribution in [2.75, 3.05) is 40.3 Å². The molecule has 0 aliphatic carbocycles. The molecule has 2 unspecified atom stereocenters. The van der Waals surface area contributed by atoms with E-state index in [0.29, 0.717) is 12.5 Å². The maximum atomic E-state index is 11.1. The molecule has 4 nitrogen and oxygen atoms in total. The van der Waals surface area contributed by atoms with E-state index in [1.807, 2.05) is 20.9 Å². The molecule has 0 aromatic carbocycles. The number of aliphatic carboxylic acids is 1. The first-order valence-electron chi connectivity index (χ1n) is 6.50. The average Bonchev–Trinajstić information content (AvgIpc) is 2.59. The van der Waals surface area contributed by atoms with Gasteiger partial charge in [-0.1, -0.05) is 13.8 Å². The Bertz CT molecular complexity index is 256. The Kier molecular flexibility index (Phi) is 5.40. The van der Waals surface area contributed by atoms with Gasteiger partial charge in [-0.05, 0) is 38.9 Å². The van der Waals surface area contributed by atoms with Crippen molar-refractivity contribution in [3.63, 3.8) is 0 Å². The number of carbonyl (C=O) groups is 1. The minimum atomic E-state index is -0.671. The second kappa shape index (κ2) is 6.36. The summed E-state index contributed by atoms with van der Waals surface area (Å²) in [5.74, 6) is -0.0256. The standard InChI is InChI=1S/C13H26N2O2/c1-10(2)12(13(16)17)9-15(4)8-11-5-6-14(3)7-11/h10-12H,5-9H2,1-4H3,(H,16,17). The molecule has 1 N–H and O–H groups in total. The monoisotopic (exact) mass is 242 g/mol. The third-order valence-electron chi connectivity index (χ3n) is 3.69. The number of likely N-dealkylation sites (tertiary alicyclic amines) is 1. The van der Waals surface area contributed by atoms with Gasteiger partial charge in [-0.2, -0.15) is 0 Å². The summed E-state index contributed by atoms with van der Waals surface area (Å²) in [6, 6.07) is 0. The molecular weight excluding hydrogens is 216 g/mol. The van der Waals surface area contributed by atoms with E-state index in [0.717, 1.165) is 13.1 Å². The first kappa shape index (κ1) is 14.5. The fourth-order valence-corrected chi connectivity index (χ4v) is 2.60. The molecule has 0 saturated carbocycles. The second-order valence-electron chi connectivity index (χ2n) is 5.83. The van der Waals surface area contributed by atoms with Gasteiger partial charge in [0, 0.05) is 19.6 Å². The molecule has 1 rings (SSSR count). The largest absolute Gasteiger partial charge is 0.481 e. The predicted octanol–water partition coefficient (Wildman–Crippen LogP) is 1.23. The number of carboxylic acids is 1. The van der Waals surface area contributed by atoms with E-state index < -0.39 is 5.97 Å². The molecule has 1 saturated heterocycles. The maximum absolute atomic E-state index is 11.1. The van der Waals surface area contributed by atoms with Crippen molar-refractivity contribution in [3.8, 4) is 0 Å². The molecule has 1 aliphatic rings. The molecule has 2 atom stereocenters. The Morgan fingerprint density at radius 3 is 2.59 bits per heavy atom. The Morgan fingerprint density at radius 2 is 2.18 bits per heavy atom. The van der Waals surface area contributed by atoms with Crippen molar-refractivity contribution in [2.24, 2.45) is 17.8 Å². The number of carboxylic acid groups (broad SMARTS) is 1. The van der Waals surface area contributed by atoms with Gasteiger partial charge in [0.1, 0.15) is 0 Å². The maximum Gasteiger partial charge on any atom is 0.308 e. The van der Waals surface area contributed by atoms with Crippen LogP contribution in [0.2, 0.25) is 0 Å². The quantitative estimate of drug-likeness (QED) is 0.761. The Labute approximate surface area is 105 Å². The number of rotatable bonds is 6. The number of hydrogen-bond acceptors (Lipinski definition) is 3. The lowest BCUT2D eigenvalue weighted by Gasteiger charge is -2.26. The van der Waals surface area contributed by atoms with E-state index in [1.54, 1.807) is 0 Å². The summed E-state index contributed by atoms with van der Waals surface area (Å²) >= 11 is 0. The highest BCUT2D eigenvalue weighted by atomic mass is 16.4. The SMILES string of the molecule is CC(C)C(CN(C)CC1CCN(C)C1)C(=O)O. The predicted molar refractivity (Wildman–Crippen MR) is 69.1 cm³/mol.